The van der Waals surface area contributed by atoms with Crippen LogP contribution >= 0.6 is 11.3 Å². The molecule has 130 valence electrons. The van der Waals surface area contributed by atoms with E-state index in [1.807, 2.05) is 30.3 Å². The molecule has 3 heterocycles. The summed E-state index contributed by atoms with van der Waals surface area (Å²) < 4.78 is 7.74. The third-order valence-electron chi connectivity index (χ3n) is 4.37. The minimum absolute atomic E-state index is 0.0952. The summed E-state index contributed by atoms with van der Waals surface area (Å²) in [5.74, 6) is 0.834. The molecule has 27 heavy (non-hydrogen) atoms. The SMILES string of the molecule is O=c1c2ccccc2sc2nc(-c3ccco3)n(-c3ccccc3)c(=O)c12. The molecule has 0 N–H and O–H groups in total. The molecule has 0 aliphatic heterocycles. The molecule has 0 saturated carbocycles. The lowest BCUT2D eigenvalue weighted by molar-refractivity contribution is 0.574. The molecule has 3 aromatic heterocycles. The lowest BCUT2D eigenvalue weighted by Gasteiger charge is -2.12. The molecular formula is C21H12N2O3S. The van der Waals surface area contributed by atoms with Crippen LogP contribution in [0.5, 0.6) is 0 Å². The number of nitrogens with zero attached hydrogens (tertiary/aromatic N) is 2. The summed E-state index contributed by atoms with van der Waals surface area (Å²) in [6.45, 7) is 0. The Kier molecular flexibility index (Phi) is 3.51. The normalized spacial score (nSPS) is 11.3. The highest BCUT2D eigenvalue weighted by atomic mass is 32.1. The first-order chi connectivity index (χ1) is 13.2. The number of hydrogen-bond acceptors (Lipinski definition) is 5. The maximum Gasteiger partial charge on any atom is 0.271 e. The van der Waals surface area contributed by atoms with E-state index in [0.717, 1.165) is 4.70 Å². The summed E-state index contributed by atoms with van der Waals surface area (Å²) in [6, 6.07) is 19.9. The van der Waals surface area contributed by atoms with Gasteiger partial charge in [-0.3, -0.25) is 14.2 Å². The van der Waals surface area contributed by atoms with Gasteiger partial charge in [-0.15, -0.1) is 11.3 Å². The van der Waals surface area contributed by atoms with Crippen LogP contribution in [0, 0.1) is 0 Å². The van der Waals surface area contributed by atoms with Crippen LogP contribution in [-0.2, 0) is 0 Å². The Morgan fingerprint density at radius 2 is 1.67 bits per heavy atom. The predicted molar refractivity (Wildman–Crippen MR) is 107 cm³/mol. The van der Waals surface area contributed by atoms with Crippen molar-refractivity contribution in [1.29, 1.82) is 0 Å². The van der Waals surface area contributed by atoms with Crippen molar-refractivity contribution in [2.75, 3.05) is 0 Å². The van der Waals surface area contributed by atoms with Crippen LogP contribution in [0.4, 0.5) is 0 Å². The van der Waals surface area contributed by atoms with Crippen LogP contribution in [0.3, 0.4) is 0 Å². The topological polar surface area (TPSA) is 65.1 Å². The van der Waals surface area contributed by atoms with E-state index in [4.69, 9.17) is 4.42 Å². The molecule has 6 heteroatoms. The molecule has 0 atom stereocenters. The van der Waals surface area contributed by atoms with E-state index in [9.17, 15) is 9.59 Å². The minimum Gasteiger partial charge on any atom is -0.461 e. The van der Waals surface area contributed by atoms with Crippen LogP contribution in [0.25, 0.3) is 37.6 Å². The van der Waals surface area contributed by atoms with Crippen molar-refractivity contribution in [2.24, 2.45) is 0 Å². The van der Waals surface area contributed by atoms with Crippen molar-refractivity contribution in [3.05, 3.63) is 93.6 Å². The smallest absolute Gasteiger partial charge is 0.271 e. The standard InChI is InChI=1S/C21H12N2O3S/c24-18-14-9-4-5-11-16(14)27-20-17(18)21(25)23(13-7-2-1-3-8-13)19(22-20)15-10-6-12-26-15/h1-12H. The van der Waals surface area contributed by atoms with Crippen LogP contribution in [0.15, 0.2) is 87.0 Å². The second kappa shape index (κ2) is 6.03. The molecule has 0 saturated heterocycles. The minimum atomic E-state index is -0.399. The second-order valence-electron chi connectivity index (χ2n) is 6.00. The molecule has 0 radical (unpaired) electrons. The Morgan fingerprint density at radius 1 is 0.889 bits per heavy atom. The number of hydrogen-bond donors (Lipinski definition) is 0. The van der Waals surface area contributed by atoms with E-state index >= 15 is 0 Å². The molecule has 0 bridgehead atoms. The van der Waals surface area contributed by atoms with Crippen molar-refractivity contribution in [1.82, 2.24) is 9.55 Å². The summed E-state index contributed by atoms with van der Waals surface area (Å²) in [7, 11) is 0. The van der Waals surface area contributed by atoms with Gasteiger partial charge in [-0.25, -0.2) is 4.98 Å². The predicted octanol–water partition coefficient (Wildman–Crippen LogP) is 4.22. The Hall–Kier alpha value is -3.51. The Bertz CT molecular complexity index is 1400. The van der Waals surface area contributed by atoms with Crippen LogP contribution in [0.1, 0.15) is 0 Å². The third-order valence-corrected chi connectivity index (χ3v) is 5.44. The van der Waals surface area contributed by atoms with Gasteiger partial charge in [0.15, 0.2) is 11.6 Å². The Morgan fingerprint density at radius 3 is 2.44 bits per heavy atom. The Balaban J connectivity index is 2.00. The molecule has 5 rings (SSSR count). The van der Waals surface area contributed by atoms with Crippen LogP contribution in [0.2, 0.25) is 0 Å². The first-order valence-electron chi connectivity index (χ1n) is 8.32. The number of para-hydroxylation sites is 1. The molecule has 0 unspecified atom stereocenters. The van der Waals surface area contributed by atoms with E-state index in [2.05, 4.69) is 4.98 Å². The number of furan rings is 1. The van der Waals surface area contributed by atoms with E-state index in [1.165, 1.54) is 22.2 Å². The maximum atomic E-state index is 13.4. The summed E-state index contributed by atoms with van der Waals surface area (Å²) >= 11 is 1.33. The average molecular weight is 372 g/mol. The van der Waals surface area contributed by atoms with Crippen molar-refractivity contribution in [3.63, 3.8) is 0 Å². The molecule has 0 fully saturated rings. The lowest BCUT2D eigenvalue weighted by Crippen LogP contribution is -2.26. The van der Waals surface area contributed by atoms with Gasteiger partial charge in [0.2, 0.25) is 5.43 Å². The Labute approximate surface area is 156 Å². The van der Waals surface area contributed by atoms with Gasteiger partial charge in [-0.1, -0.05) is 30.3 Å². The highest BCUT2D eigenvalue weighted by Gasteiger charge is 2.19. The van der Waals surface area contributed by atoms with Crippen LogP contribution in [-0.4, -0.2) is 9.55 Å². The number of rotatable bonds is 2. The summed E-state index contributed by atoms with van der Waals surface area (Å²) in [4.78, 5) is 31.5. The van der Waals surface area contributed by atoms with Crippen molar-refractivity contribution >= 4 is 31.6 Å². The maximum absolute atomic E-state index is 13.4. The van der Waals surface area contributed by atoms with Gasteiger partial charge >= 0.3 is 0 Å². The van der Waals surface area contributed by atoms with Gasteiger partial charge in [0.05, 0.1) is 12.0 Å². The second-order valence-corrected chi connectivity index (χ2v) is 7.03. The fourth-order valence-electron chi connectivity index (χ4n) is 3.14. The van der Waals surface area contributed by atoms with E-state index in [-0.39, 0.29) is 10.8 Å². The lowest BCUT2D eigenvalue weighted by atomic mass is 10.2. The zero-order chi connectivity index (χ0) is 18.4. The molecule has 0 amide bonds. The van der Waals surface area contributed by atoms with Crippen molar-refractivity contribution in [2.45, 2.75) is 0 Å². The zero-order valence-electron chi connectivity index (χ0n) is 14.0. The molecular weight excluding hydrogens is 360 g/mol. The summed E-state index contributed by atoms with van der Waals surface area (Å²) in [6.07, 6.45) is 1.53. The monoisotopic (exact) mass is 372 g/mol. The van der Waals surface area contributed by atoms with Gasteiger partial charge < -0.3 is 4.42 Å². The van der Waals surface area contributed by atoms with Gasteiger partial charge in [-0.2, -0.15) is 0 Å². The van der Waals surface area contributed by atoms with E-state index in [1.54, 1.807) is 36.4 Å². The fourth-order valence-corrected chi connectivity index (χ4v) is 4.18. The van der Waals surface area contributed by atoms with Gasteiger partial charge in [0.1, 0.15) is 10.2 Å². The molecule has 0 aliphatic rings. The first kappa shape index (κ1) is 15.7. The third kappa shape index (κ3) is 2.42. The molecule has 5 aromatic rings. The molecule has 2 aromatic carbocycles. The number of benzene rings is 2. The number of aromatic nitrogens is 2. The van der Waals surface area contributed by atoms with E-state index < -0.39 is 5.56 Å². The number of fused-ring (bicyclic) bond motifs is 2. The van der Waals surface area contributed by atoms with E-state index in [0.29, 0.717) is 27.5 Å². The molecule has 5 nitrogen and oxygen atoms in total. The van der Waals surface area contributed by atoms with Gasteiger partial charge in [-0.05, 0) is 36.4 Å². The van der Waals surface area contributed by atoms with Crippen molar-refractivity contribution in [3.8, 4) is 17.3 Å². The zero-order valence-corrected chi connectivity index (χ0v) is 14.8. The highest BCUT2D eigenvalue weighted by molar-refractivity contribution is 7.24. The molecule has 0 aliphatic carbocycles. The largest absolute Gasteiger partial charge is 0.461 e. The quantitative estimate of drug-likeness (QED) is 0.435. The van der Waals surface area contributed by atoms with Crippen LogP contribution < -0.4 is 11.0 Å². The summed E-state index contributed by atoms with van der Waals surface area (Å²) in [5.41, 5.74) is -0.0713. The first-order valence-corrected chi connectivity index (χ1v) is 9.13. The fraction of sp³-hybridized carbons (Fsp3) is 0. The van der Waals surface area contributed by atoms with Gasteiger partial charge in [0, 0.05) is 10.1 Å². The average Bonchev–Trinajstić information content (AvgIpc) is 3.23. The summed E-state index contributed by atoms with van der Waals surface area (Å²) in [5, 5.41) is 0.622. The highest BCUT2D eigenvalue weighted by Crippen LogP contribution is 2.26. The van der Waals surface area contributed by atoms with Crippen molar-refractivity contribution < 1.29 is 4.42 Å². The molecule has 0 spiro atoms. The van der Waals surface area contributed by atoms with Gasteiger partial charge in [0.25, 0.3) is 5.56 Å².